The Morgan fingerprint density at radius 2 is 1.15 bits per heavy atom. The Bertz CT molecular complexity index is 1910. The van der Waals surface area contributed by atoms with E-state index in [2.05, 4.69) is 10.6 Å². The molecular formula is C41H50N2O19. The minimum Gasteiger partial charge on any atom is -0.462 e. The highest BCUT2D eigenvalue weighted by molar-refractivity contribution is 5.85. The van der Waals surface area contributed by atoms with Crippen molar-refractivity contribution in [3.05, 3.63) is 71.8 Å². The van der Waals surface area contributed by atoms with Gasteiger partial charge in [0.1, 0.15) is 25.4 Å². The van der Waals surface area contributed by atoms with Crippen LogP contribution in [0.5, 0.6) is 0 Å². The topological polar surface area (TPSA) is 281 Å². The van der Waals surface area contributed by atoms with Gasteiger partial charge in [-0.3, -0.25) is 38.4 Å². The van der Waals surface area contributed by atoms with Crippen LogP contribution in [0.15, 0.2) is 60.7 Å². The van der Waals surface area contributed by atoms with Crippen LogP contribution in [0.2, 0.25) is 0 Å². The number of nitrogens with one attached hydrogen (secondary N) is 2. The molecule has 1 saturated heterocycles. The van der Waals surface area contributed by atoms with E-state index in [0.29, 0.717) is 11.1 Å². The summed E-state index contributed by atoms with van der Waals surface area (Å²) in [4.78, 5) is 114. The normalized spacial score (nSPS) is 21.2. The van der Waals surface area contributed by atoms with Crippen LogP contribution in [0.4, 0.5) is 4.79 Å². The van der Waals surface area contributed by atoms with Crippen molar-refractivity contribution in [1.29, 1.82) is 0 Å². The molecule has 0 bridgehead atoms. The van der Waals surface area contributed by atoms with Crippen molar-refractivity contribution in [2.45, 2.75) is 116 Å². The minimum atomic E-state index is -2.52. The fourth-order valence-electron chi connectivity index (χ4n) is 6.40. The highest BCUT2D eigenvalue weighted by atomic mass is 16.7. The van der Waals surface area contributed by atoms with E-state index in [1.165, 1.54) is 0 Å². The Labute approximate surface area is 355 Å². The first-order chi connectivity index (χ1) is 29.2. The van der Waals surface area contributed by atoms with Crippen LogP contribution < -0.4 is 10.6 Å². The number of hydrogen-bond acceptors (Lipinski definition) is 19. The van der Waals surface area contributed by atoms with Gasteiger partial charge in [-0.1, -0.05) is 60.7 Å². The first-order valence-corrected chi connectivity index (χ1v) is 19.0. The quantitative estimate of drug-likeness (QED) is 0.130. The molecule has 2 aromatic rings. The summed E-state index contributed by atoms with van der Waals surface area (Å²) in [6.07, 6.45) is -14.6. The van der Waals surface area contributed by atoms with E-state index in [9.17, 15) is 48.3 Å². The second kappa shape index (κ2) is 23.4. The van der Waals surface area contributed by atoms with Gasteiger partial charge in [0.25, 0.3) is 5.91 Å². The predicted molar refractivity (Wildman–Crippen MR) is 206 cm³/mol. The van der Waals surface area contributed by atoms with E-state index in [0.717, 1.165) is 48.5 Å². The monoisotopic (exact) mass is 874 g/mol. The molecular weight excluding hydrogens is 824 g/mol. The lowest BCUT2D eigenvalue weighted by atomic mass is 9.86. The fourth-order valence-corrected chi connectivity index (χ4v) is 6.40. The van der Waals surface area contributed by atoms with Crippen LogP contribution in [0.3, 0.4) is 0 Å². The largest absolute Gasteiger partial charge is 0.462 e. The molecule has 1 aliphatic rings. The number of alkyl carbamates (subject to hydrolysis) is 1. The van der Waals surface area contributed by atoms with Crippen LogP contribution >= 0.6 is 0 Å². The first kappa shape index (κ1) is 49.8. The van der Waals surface area contributed by atoms with Crippen LogP contribution in [-0.4, -0.2) is 127 Å². The Kier molecular flexibility index (Phi) is 18.8. The lowest BCUT2D eigenvalue weighted by molar-refractivity contribution is -0.314. The molecule has 2 aromatic carbocycles. The van der Waals surface area contributed by atoms with Crippen LogP contribution in [0.1, 0.15) is 59.6 Å². The van der Waals surface area contributed by atoms with Gasteiger partial charge in [-0.15, -0.1) is 0 Å². The van der Waals surface area contributed by atoms with E-state index >= 15 is 0 Å². The predicted octanol–water partition coefficient (Wildman–Crippen LogP) is 0.881. The molecule has 0 spiro atoms. The Balaban J connectivity index is 2.10. The van der Waals surface area contributed by atoms with Gasteiger partial charge in [-0.2, -0.15) is 0 Å². The molecule has 1 aliphatic heterocycles. The number of rotatable bonds is 19. The van der Waals surface area contributed by atoms with Gasteiger partial charge in [0.15, 0.2) is 36.3 Å². The van der Waals surface area contributed by atoms with Crippen LogP contribution in [0.25, 0.3) is 0 Å². The van der Waals surface area contributed by atoms with E-state index in [1.807, 2.05) is 0 Å². The molecule has 0 aromatic heterocycles. The summed E-state index contributed by atoms with van der Waals surface area (Å²) < 4.78 is 48.9. The third kappa shape index (κ3) is 15.8. The smallest absolute Gasteiger partial charge is 0.408 e. The number of carbonyl (C=O) groups is 9. The SMILES string of the molecule is CC(=O)OC[C@@H](OC(C)=O)[C@@H](OC(C)=O)[C@H](OC(C)=O)[C@@H](OC(C)=O)C(=O)NC[C@H]1O[C@@](O)(Cc2ccccc2)[C@H](NC(=O)OCc2ccccc2)[C@@H](OC(C)=O)[C@@H]1OC(C)=O. The third-order valence-corrected chi connectivity index (χ3v) is 8.64. The van der Waals surface area contributed by atoms with E-state index in [4.69, 9.17) is 42.6 Å². The molecule has 21 nitrogen and oxygen atoms in total. The van der Waals surface area contributed by atoms with Gasteiger partial charge in [-0.25, -0.2) is 4.79 Å². The number of carbonyl (C=O) groups excluding carboxylic acids is 9. The maximum absolute atomic E-state index is 14.2. The van der Waals surface area contributed by atoms with Crippen molar-refractivity contribution in [3.63, 3.8) is 0 Å². The molecule has 21 heteroatoms. The minimum absolute atomic E-state index is 0.209. The van der Waals surface area contributed by atoms with Crippen molar-refractivity contribution in [2.24, 2.45) is 0 Å². The average Bonchev–Trinajstić information content (AvgIpc) is 3.18. The summed E-state index contributed by atoms with van der Waals surface area (Å²) in [5.74, 6) is -10.8. The molecule has 338 valence electrons. The summed E-state index contributed by atoms with van der Waals surface area (Å²) >= 11 is 0. The number of amides is 2. The summed E-state index contributed by atoms with van der Waals surface area (Å²) in [6, 6.07) is 15.1. The van der Waals surface area contributed by atoms with Crippen molar-refractivity contribution < 1.29 is 90.9 Å². The van der Waals surface area contributed by atoms with Gasteiger partial charge in [0, 0.05) is 61.4 Å². The molecule has 0 aliphatic carbocycles. The molecule has 62 heavy (non-hydrogen) atoms. The fraction of sp³-hybridized carbons (Fsp3) is 0.488. The molecule has 0 radical (unpaired) electrons. The van der Waals surface area contributed by atoms with Crippen molar-refractivity contribution in [2.75, 3.05) is 13.2 Å². The summed E-state index contributed by atoms with van der Waals surface area (Å²) in [6.45, 7) is 4.95. The maximum Gasteiger partial charge on any atom is 0.408 e. The molecule has 1 fully saturated rings. The summed E-state index contributed by atoms with van der Waals surface area (Å²) in [5, 5.41) is 17.3. The van der Waals surface area contributed by atoms with E-state index in [-0.39, 0.29) is 6.61 Å². The van der Waals surface area contributed by atoms with Gasteiger partial charge in [-0.05, 0) is 11.1 Å². The molecule has 9 atom stereocenters. The second-order valence-electron chi connectivity index (χ2n) is 13.9. The number of esters is 7. The highest BCUT2D eigenvalue weighted by Crippen LogP contribution is 2.35. The van der Waals surface area contributed by atoms with E-state index < -0.39 is 128 Å². The van der Waals surface area contributed by atoms with Crippen LogP contribution in [-0.2, 0) is 94.0 Å². The first-order valence-electron chi connectivity index (χ1n) is 19.0. The lowest BCUT2D eigenvalue weighted by Crippen LogP contribution is -2.73. The maximum atomic E-state index is 14.2. The molecule has 3 rings (SSSR count). The average molecular weight is 875 g/mol. The Hall–Kier alpha value is -6.61. The van der Waals surface area contributed by atoms with Gasteiger partial charge in [0.05, 0.1) is 0 Å². The molecule has 0 unspecified atom stereocenters. The standard InChI is InChI=1S/C41H50N2O19/c1-22(44)54-21-32(56-23(2)45)34(58-25(4)47)35(59-26(5)48)37(61-28(7)50)39(51)42-19-31-33(57-24(3)46)36(60-27(6)49)38(41(53,62-31)18-29-14-10-8-11-15-29)43-40(52)55-20-30-16-12-9-13-17-30/h8-17,31-38,53H,18-21H2,1-7H3,(H,42,51)(H,43,52)/t31-,32-,33-,34-,35+,36+,37-,38-,41+/m1/s1. The zero-order valence-electron chi connectivity index (χ0n) is 35.0. The summed E-state index contributed by atoms with van der Waals surface area (Å²) in [5.41, 5.74) is 1.06. The van der Waals surface area contributed by atoms with Gasteiger partial charge < -0.3 is 58.4 Å². The van der Waals surface area contributed by atoms with Crippen molar-refractivity contribution >= 4 is 53.8 Å². The van der Waals surface area contributed by atoms with E-state index in [1.54, 1.807) is 60.7 Å². The number of ether oxygens (including phenoxy) is 9. The molecule has 1 heterocycles. The number of benzene rings is 2. The third-order valence-electron chi connectivity index (χ3n) is 8.64. The number of aliphatic hydroxyl groups is 1. The Morgan fingerprint density at radius 1 is 0.629 bits per heavy atom. The highest BCUT2D eigenvalue weighted by Gasteiger charge is 2.58. The molecule has 0 saturated carbocycles. The molecule has 2 amide bonds. The van der Waals surface area contributed by atoms with Crippen molar-refractivity contribution in [3.8, 4) is 0 Å². The Morgan fingerprint density at radius 3 is 1.66 bits per heavy atom. The zero-order valence-corrected chi connectivity index (χ0v) is 35.0. The molecule has 3 N–H and O–H groups in total. The van der Waals surface area contributed by atoms with Crippen LogP contribution in [0, 0.1) is 0 Å². The zero-order chi connectivity index (χ0) is 46.1. The summed E-state index contributed by atoms with van der Waals surface area (Å²) in [7, 11) is 0. The van der Waals surface area contributed by atoms with Gasteiger partial charge >= 0.3 is 47.9 Å². The van der Waals surface area contributed by atoms with Crippen molar-refractivity contribution in [1.82, 2.24) is 10.6 Å². The second-order valence-corrected chi connectivity index (χ2v) is 13.9. The number of hydrogen-bond donors (Lipinski definition) is 3. The lowest BCUT2D eigenvalue weighted by Gasteiger charge is -2.50. The van der Waals surface area contributed by atoms with Gasteiger partial charge in [0.2, 0.25) is 6.10 Å².